The van der Waals surface area contributed by atoms with Crippen LogP contribution in [0.5, 0.6) is 5.75 Å². The van der Waals surface area contributed by atoms with Crippen molar-refractivity contribution in [1.82, 2.24) is 0 Å². The van der Waals surface area contributed by atoms with Crippen molar-refractivity contribution in [3.63, 3.8) is 0 Å². The Balaban J connectivity index is 2.02. The fourth-order valence-corrected chi connectivity index (χ4v) is 2.04. The largest absolute Gasteiger partial charge is 0.494 e. The molecule has 0 aliphatic heterocycles. The maximum atomic E-state index is 13.6. The minimum absolute atomic E-state index is 0.186. The van der Waals surface area contributed by atoms with Gasteiger partial charge in [0.1, 0.15) is 11.6 Å². The smallest absolute Gasteiger partial charge is 0.248 e. The Kier molecular flexibility index (Phi) is 5.55. The molecule has 0 aliphatic rings. The number of carbonyl (C=O) groups excluding carboxylic acids is 1. The Labute approximate surface area is 133 Å². The van der Waals surface area contributed by atoms with Crippen molar-refractivity contribution in [2.24, 2.45) is 0 Å². The second kappa shape index (κ2) is 7.61. The molecule has 3 nitrogen and oxygen atoms in total. The van der Waals surface area contributed by atoms with E-state index in [0.29, 0.717) is 12.3 Å². The number of ether oxygens (including phenoxy) is 1. The van der Waals surface area contributed by atoms with E-state index in [1.165, 1.54) is 24.3 Å². The molecule has 0 radical (unpaired) electrons. The molecular formula is C17H15ClFNO2. The average Bonchev–Trinajstić information content (AvgIpc) is 2.49. The summed E-state index contributed by atoms with van der Waals surface area (Å²) in [6.45, 7) is 2.48. The van der Waals surface area contributed by atoms with Gasteiger partial charge in [-0.2, -0.15) is 0 Å². The van der Waals surface area contributed by atoms with E-state index in [9.17, 15) is 9.18 Å². The third kappa shape index (κ3) is 4.33. The van der Waals surface area contributed by atoms with Crippen LogP contribution in [0.4, 0.5) is 10.1 Å². The van der Waals surface area contributed by atoms with Gasteiger partial charge in [-0.05, 0) is 49.4 Å². The lowest BCUT2D eigenvalue weighted by Gasteiger charge is -2.05. The summed E-state index contributed by atoms with van der Waals surface area (Å²) in [5.41, 5.74) is 0.809. The molecule has 0 bridgehead atoms. The third-order valence-corrected chi connectivity index (χ3v) is 3.16. The standard InChI is InChI=1S/C17H15ClFNO2/c1-2-22-13-8-6-12(7-9-13)20-17(21)11-10-14-15(18)4-3-5-16(14)19/h3-11H,2H2,1H3,(H,20,21)/b11-10+. The highest BCUT2D eigenvalue weighted by Crippen LogP contribution is 2.20. The van der Waals surface area contributed by atoms with E-state index in [-0.39, 0.29) is 16.5 Å². The van der Waals surface area contributed by atoms with Crippen LogP contribution in [0.1, 0.15) is 12.5 Å². The van der Waals surface area contributed by atoms with Crippen molar-refractivity contribution in [2.45, 2.75) is 6.92 Å². The molecule has 0 heterocycles. The zero-order chi connectivity index (χ0) is 15.9. The topological polar surface area (TPSA) is 38.3 Å². The number of hydrogen-bond donors (Lipinski definition) is 1. The molecule has 2 aromatic rings. The molecule has 0 saturated carbocycles. The van der Waals surface area contributed by atoms with Crippen molar-refractivity contribution in [3.05, 3.63) is 64.9 Å². The van der Waals surface area contributed by atoms with Gasteiger partial charge in [-0.15, -0.1) is 0 Å². The van der Waals surface area contributed by atoms with E-state index >= 15 is 0 Å². The van der Waals surface area contributed by atoms with E-state index in [1.54, 1.807) is 30.3 Å². The molecule has 114 valence electrons. The Morgan fingerprint density at radius 1 is 1.27 bits per heavy atom. The molecule has 1 amide bonds. The molecule has 0 unspecified atom stereocenters. The van der Waals surface area contributed by atoms with Crippen LogP contribution in [-0.4, -0.2) is 12.5 Å². The van der Waals surface area contributed by atoms with Crippen LogP contribution < -0.4 is 10.1 Å². The lowest BCUT2D eigenvalue weighted by atomic mass is 10.2. The second-order valence-corrected chi connectivity index (χ2v) is 4.82. The second-order valence-electron chi connectivity index (χ2n) is 4.42. The molecule has 2 rings (SSSR count). The Bertz CT molecular complexity index is 663. The lowest BCUT2D eigenvalue weighted by molar-refractivity contribution is -0.111. The van der Waals surface area contributed by atoms with Crippen LogP contribution in [0, 0.1) is 5.82 Å². The van der Waals surface area contributed by atoms with Gasteiger partial charge in [-0.25, -0.2) is 4.39 Å². The van der Waals surface area contributed by atoms with E-state index < -0.39 is 5.82 Å². The molecule has 5 heteroatoms. The Morgan fingerprint density at radius 3 is 2.64 bits per heavy atom. The van der Waals surface area contributed by atoms with E-state index in [4.69, 9.17) is 16.3 Å². The molecule has 0 saturated heterocycles. The quantitative estimate of drug-likeness (QED) is 0.822. The van der Waals surface area contributed by atoms with Crippen molar-refractivity contribution < 1.29 is 13.9 Å². The van der Waals surface area contributed by atoms with Crippen molar-refractivity contribution >= 4 is 29.3 Å². The molecular weight excluding hydrogens is 305 g/mol. The first kappa shape index (κ1) is 16.0. The molecule has 0 fully saturated rings. The van der Waals surface area contributed by atoms with Crippen LogP contribution in [-0.2, 0) is 4.79 Å². The van der Waals surface area contributed by atoms with Gasteiger partial charge >= 0.3 is 0 Å². The van der Waals surface area contributed by atoms with Gasteiger partial charge in [0.2, 0.25) is 5.91 Å². The van der Waals surface area contributed by atoms with Gasteiger partial charge in [-0.1, -0.05) is 17.7 Å². The predicted octanol–water partition coefficient (Wildman–Crippen LogP) is 4.53. The third-order valence-electron chi connectivity index (χ3n) is 2.83. The monoisotopic (exact) mass is 319 g/mol. The van der Waals surface area contributed by atoms with Gasteiger partial charge in [0.05, 0.1) is 11.6 Å². The highest BCUT2D eigenvalue weighted by atomic mass is 35.5. The van der Waals surface area contributed by atoms with E-state index in [2.05, 4.69) is 5.32 Å². The summed E-state index contributed by atoms with van der Waals surface area (Å²) in [4.78, 5) is 11.8. The van der Waals surface area contributed by atoms with Crippen LogP contribution in [0.15, 0.2) is 48.5 Å². The van der Waals surface area contributed by atoms with Gasteiger partial charge in [0.15, 0.2) is 0 Å². The predicted molar refractivity (Wildman–Crippen MR) is 86.7 cm³/mol. The summed E-state index contributed by atoms with van der Waals surface area (Å²) in [7, 11) is 0. The number of nitrogens with one attached hydrogen (secondary N) is 1. The number of hydrogen-bond acceptors (Lipinski definition) is 2. The molecule has 0 spiro atoms. The van der Waals surface area contributed by atoms with Gasteiger partial charge < -0.3 is 10.1 Å². The number of amides is 1. The van der Waals surface area contributed by atoms with Crippen LogP contribution >= 0.6 is 11.6 Å². The van der Waals surface area contributed by atoms with Gasteiger partial charge in [0, 0.05) is 17.3 Å². The van der Waals surface area contributed by atoms with Crippen molar-refractivity contribution in [2.75, 3.05) is 11.9 Å². The van der Waals surface area contributed by atoms with Crippen molar-refractivity contribution in [3.8, 4) is 5.75 Å². The molecule has 0 aromatic heterocycles. The normalized spacial score (nSPS) is 10.7. The van der Waals surface area contributed by atoms with E-state index in [0.717, 1.165) is 5.75 Å². The highest BCUT2D eigenvalue weighted by molar-refractivity contribution is 6.32. The number of anilines is 1. The fourth-order valence-electron chi connectivity index (χ4n) is 1.81. The highest BCUT2D eigenvalue weighted by Gasteiger charge is 2.04. The van der Waals surface area contributed by atoms with Crippen LogP contribution in [0.3, 0.4) is 0 Å². The molecule has 22 heavy (non-hydrogen) atoms. The number of carbonyl (C=O) groups is 1. The summed E-state index contributed by atoms with van der Waals surface area (Å²) >= 11 is 5.88. The number of rotatable bonds is 5. The summed E-state index contributed by atoms with van der Waals surface area (Å²) < 4.78 is 18.9. The average molecular weight is 320 g/mol. The SMILES string of the molecule is CCOc1ccc(NC(=O)/C=C/c2c(F)cccc2Cl)cc1. The summed E-state index contributed by atoms with van der Waals surface area (Å²) in [6.07, 6.45) is 2.59. The zero-order valence-corrected chi connectivity index (χ0v) is 12.7. The maximum absolute atomic E-state index is 13.6. The maximum Gasteiger partial charge on any atom is 0.248 e. The Morgan fingerprint density at radius 2 is 2.00 bits per heavy atom. The fraction of sp³-hybridized carbons (Fsp3) is 0.118. The minimum atomic E-state index is -0.474. The van der Waals surface area contributed by atoms with Crippen LogP contribution in [0.2, 0.25) is 5.02 Å². The number of benzene rings is 2. The summed E-state index contributed by atoms with van der Waals surface area (Å²) in [5, 5.41) is 2.93. The Hall–Kier alpha value is -2.33. The van der Waals surface area contributed by atoms with Crippen molar-refractivity contribution in [1.29, 1.82) is 0 Å². The molecule has 2 aromatic carbocycles. The molecule has 0 atom stereocenters. The molecule has 0 aliphatic carbocycles. The lowest BCUT2D eigenvalue weighted by Crippen LogP contribution is -2.07. The minimum Gasteiger partial charge on any atom is -0.494 e. The molecule has 1 N–H and O–H groups in total. The summed E-state index contributed by atoms with van der Waals surface area (Å²) in [5.74, 6) is -0.115. The first-order valence-corrected chi connectivity index (χ1v) is 7.14. The van der Waals surface area contributed by atoms with E-state index in [1.807, 2.05) is 6.92 Å². The first-order chi connectivity index (χ1) is 10.6. The summed E-state index contributed by atoms with van der Waals surface area (Å²) in [6, 6.07) is 11.3. The zero-order valence-electron chi connectivity index (χ0n) is 12.0. The van der Waals surface area contributed by atoms with Gasteiger partial charge in [0.25, 0.3) is 0 Å². The number of halogens is 2. The van der Waals surface area contributed by atoms with Gasteiger partial charge in [-0.3, -0.25) is 4.79 Å². The first-order valence-electron chi connectivity index (χ1n) is 6.76. The van der Waals surface area contributed by atoms with Crippen LogP contribution in [0.25, 0.3) is 6.08 Å².